The second-order valence-corrected chi connectivity index (χ2v) is 17.1. The minimum atomic E-state index is -0.481. The molecule has 1 spiro atoms. The molecule has 0 N–H and O–H groups in total. The van der Waals surface area contributed by atoms with Gasteiger partial charge in [0.25, 0.3) is 0 Å². The second-order valence-electron chi connectivity index (χ2n) is 17.1. The van der Waals surface area contributed by atoms with Crippen LogP contribution in [0.4, 0.5) is 17.1 Å². The normalized spacial score (nSPS) is 13.1. The topological polar surface area (TPSA) is 29.5 Å². The fraction of sp³-hybridized carbons (Fsp3) is 0.0164. The van der Waals surface area contributed by atoms with Crippen LogP contribution in [0.25, 0.3) is 88.4 Å². The zero-order valence-electron chi connectivity index (χ0n) is 34.6. The van der Waals surface area contributed by atoms with Gasteiger partial charge in [0, 0.05) is 38.5 Å². The molecule has 14 rings (SSSR count). The summed E-state index contributed by atoms with van der Waals surface area (Å²) in [6.07, 6.45) is 0. The van der Waals surface area contributed by atoms with E-state index < -0.39 is 5.41 Å². The van der Waals surface area contributed by atoms with Gasteiger partial charge in [-0.3, -0.25) is 0 Å². The Hall–Kier alpha value is -8.40. The molecule has 2 aliphatic carbocycles. The van der Waals surface area contributed by atoms with Crippen LogP contribution >= 0.6 is 0 Å². The lowest BCUT2D eigenvalue weighted by Crippen LogP contribution is -2.26. The highest BCUT2D eigenvalue weighted by molar-refractivity contribution is 6.24. The van der Waals surface area contributed by atoms with E-state index in [4.69, 9.17) is 8.83 Å². The molecule has 3 nitrogen and oxygen atoms in total. The SMILES string of the molecule is c1ccc(-c2ccc(N(c3ccc4c(c3)C3(c5ccccc5-c5ccccc53)c3ccccc3-4)c3cccc4c3oc3c(-c5ccccc5)c5c(cc34)oc3ccccc35)cc2)cc1. The van der Waals surface area contributed by atoms with Gasteiger partial charge < -0.3 is 13.7 Å². The number of para-hydroxylation sites is 2. The lowest BCUT2D eigenvalue weighted by atomic mass is 9.70. The summed E-state index contributed by atoms with van der Waals surface area (Å²) in [4.78, 5) is 2.39. The van der Waals surface area contributed by atoms with Crippen LogP contribution in [0.15, 0.2) is 233 Å². The Bertz CT molecular complexity index is 3780. The molecule has 0 amide bonds. The van der Waals surface area contributed by atoms with Crippen LogP contribution in [-0.4, -0.2) is 0 Å². The molecule has 2 aliphatic rings. The zero-order chi connectivity index (χ0) is 41.9. The first kappa shape index (κ1) is 35.2. The summed E-state index contributed by atoms with van der Waals surface area (Å²) in [5.74, 6) is 0. The molecule has 10 aromatic carbocycles. The molecule has 0 fully saturated rings. The van der Waals surface area contributed by atoms with Gasteiger partial charge in [0.2, 0.25) is 0 Å². The third-order valence-electron chi connectivity index (χ3n) is 13.9. The molecule has 0 aliphatic heterocycles. The summed E-state index contributed by atoms with van der Waals surface area (Å²) in [5, 5.41) is 4.18. The summed E-state index contributed by atoms with van der Waals surface area (Å²) in [7, 11) is 0. The van der Waals surface area contributed by atoms with Gasteiger partial charge in [-0.1, -0.05) is 182 Å². The van der Waals surface area contributed by atoms with E-state index in [1.807, 2.05) is 12.1 Å². The van der Waals surface area contributed by atoms with Crippen LogP contribution in [0.1, 0.15) is 22.3 Å². The highest BCUT2D eigenvalue weighted by atomic mass is 16.3. The number of hydrogen-bond donors (Lipinski definition) is 0. The van der Waals surface area contributed by atoms with Gasteiger partial charge in [-0.2, -0.15) is 0 Å². The van der Waals surface area contributed by atoms with Crippen molar-refractivity contribution in [2.75, 3.05) is 4.90 Å². The van der Waals surface area contributed by atoms with Crippen LogP contribution in [0.5, 0.6) is 0 Å². The first-order chi connectivity index (χ1) is 31.8. The van der Waals surface area contributed by atoms with Crippen molar-refractivity contribution >= 4 is 60.9 Å². The Morgan fingerprint density at radius 2 is 0.875 bits per heavy atom. The van der Waals surface area contributed by atoms with E-state index in [0.29, 0.717) is 0 Å². The Labute approximate surface area is 369 Å². The Balaban J connectivity index is 1.05. The Kier molecular flexibility index (Phi) is 7.32. The average Bonchev–Trinajstić information content (AvgIpc) is 4.10. The van der Waals surface area contributed by atoms with E-state index in [2.05, 4.69) is 217 Å². The van der Waals surface area contributed by atoms with Crippen LogP contribution < -0.4 is 4.90 Å². The van der Waals surface area contributed by atoms with Crippen molar-refractivity contribution in [1.29, 1.82) is 0 Å². The van der Waals surface area contributed by atoms with Crippen LogP contribution in [0, 0.1) is 0 Å². The zero-order valence-corrected chi connectivity index (χ0v) is 34.6. The van der Waals surface area contributed by atoms with E-state index in [-0.39, 0.29) is 0 Å². The van der Waals surface area contributed by atoms with Gasteiger partial charge in [-0.15, -0.1) is 0 Å². The number of benzene rings is 10. The number of rotatable bonds is 5. The van der Waals surface area contributed by atoms with E-state index >= 15 is 0 Å². The predicted octanol–water partition coefficient (Wildman–Crippen LogP) is 16.6. The van der Waals surface area contributed by atoms with E-state index in [9.17, 15) is 0 Å². The number of hydrogen-bond acceptors (Lipinski definition) is 3. The minimum Gasteiger partial charge on any atom is -0.456 e. The third kappa shape index (κ3) is 4.76. The molecular weight excluding hydrogens is 779 g/mol. The first-order valence-electron chi connectivity index (χ1n) is 22.0. The Morgan fingerprint density at radius 3 is 1.56 bits per heavy atom. The van der Waals surface area contributed by atoms with Gasteiger partial charge >= 0.3 is 0 Å². The molecule has 0 bridgehead atoms. The molecule has 64 heavy (non-hydrogen) atoms. The highest BCUT2D eigenvalue weighted by Gasteiger charge is 2.51. The first-order valence-corrected chi connectivity index (χ1v) is 22.0. The summed E-state index contributed by atoms with van der Waals surface area (Å²) in [6, 6.07) is 81.3. The summed E-state index contributed by atoms with van der Waals surface area (Å²) in [6.45, 7) is 0. The van der Waals surface area contributed by atoms with Crippen LogP contribution in [0.3, 0.4) is 0 Å². The highest BCUT2D eigenvalue weighted by Crippen LogP contribution is 2.63. The van der Waals surface area contributed by atoms with E-state index in [0.717, 1.165) is 77.6 Å². The largest absolute Gasteiger partial charge is 0.456 e. The third-order valence-corrected chi connectivity index (χ3v) is 13.9. The predicted molar refractivity (Wildman–Crippen MR) is 263 cm³/mol. The van der Waals surface area contributed by atoms with Crippen LogP contribution in [-0.2, 0) is 5.41 Å². The quantitative estimate of drug-likeness (QED) is 0.173. The van der Waals surface area contributed by atoms with Gasteiger partial charge in [0.05, 0.1) is 11.1 Å². The smallest absolute Gasteiger partial charge is 0.159 e. The molecule has 0 radical (unpaired) electrons. The maximum absolute atomic E-state index is 7.36. The Morgan fingerprint density at radius 1 is 0.328 bits per heavy atom. The molecular formula is C61H37NO2. The lowest BCUT2D eigenvalue weighted by Gasteiger charge is -2.32. The van der Waals surface area contributed by atoms with Crippen molar-refractivity contribution in [3.63, 3.8) is 0 Å². The van der Waals surface area contributed by atoms with Gasteiger partial charge in [0.1, 0.15) is 16.7 Å². The molecule has 0 saturated carbocycles. The summed E-state index contributed by atoms with van der Waals surface area (Å²) >= 11 is 0. The monoisotopic (exact) mass is 815 g/mol. The van der Waals surface area contributed by atoms with Crippen molar-refractivity contribution in [3.8, 4) is 44.5 Å². The van der Waals surface area contributed by atoms with Crippen molar-refractivity contribution in [2.45, 2.75) is 5.41 Å². The van der Waals surface area contributed by atoms with Gasteiger partial charge in [-0.05, 0) is 104 Å². The van der Waals surface area contributed by atoms with Gasteiger partial charge in [0.15, 0.2) is 5.58 Å². The maximum atomic E-state index is 7.36. The number of anilines is 3. The molecule has 298 valence electrons. The fourth-order valence-electron chi connectivity index (χ4n) is 11.3. The van der Waals surface area contributed by atoms with Crippen molar-refractivity contribution in [2.24, 2.45) is 0 Å². The van der Waals surface area contributed by atoms with Crippen molar-refractivity contribution in [1.82, 2.24) is 0 Å². The standard InChI is InChI=1S/C61H37NO2/c1-3-16-38(17-4-1)39-30-32-41(33-31-39)62(42-34-35-46-45-22-9-13-27-52(45)61(53(46)36-42)50-25-11-7-20-43(50)44-21-8-12-26-51(44)61)54-28-15-24-47-49-37-56-58(48-23-10-14-29-55(48)63-56)57(60(49)64-59(47)54)40-18-5-2-6-19-40/h1-37H. The van der Waals surface area contributed by atoms with Crippen molar-refractivity contribution < 1.29 is 8.83 Å². The lowest BCUT2D eigenvalue weighted by molar-refractivity contribution is 0.665. The van der Waals surface area contributed by atoms with Crippen LogP contribution in [0.2, 0.25) is 0 Å². The van der Waals surface area contributed by atoms with E-state index in [1.165, 1.54) is 50.1 Å². The molecule has 2 aromatic heterocycles. The molecule has 0 saturated heterocycles. The molecule has 12 aromatic rings. The maximum Gasteiger partial charge on any atom is 0.159 e. The van der Waals surface area contributed by atoms with Gasteiger partial charge in [-0.25, -0.2) is 0 Å². The fourth-order valence-corrected chi connectivity index (χ4v) is 11.3. The average molecular weight is 816 g/mol. The minimum absolute atomic E-state index is 0.481. The molecule has 3 heteroatoms. The second kappa shape index (κ2) is 13.3. The number of nitrogens with zero attached hydrogens (tertiary/aromatic N) is 1. The summed E-state index contributed by atoms with van der Waals surface area (Å²) in [5.41, 5.74) is 20.8. The number of furan rings is 2. The molecule has 2 heterocycles. The number of fused-ring (bicyclic) bond motifs is 16. The molecule has 0 atom stereocenters. The molecule has 0 unspecified atom stereocenters. The summed E-state index contributed by atoms with van der Waals surface area (Å²) < 4.78 is 14.0. The van der Waals surface area contributed by atoms with E-state index in [1.54, 1.807) is 0 Å². The van der Waals surface area contributed by atoms with Crippen molar-refractivity contribution in [3.05, 3.63) is 247 Å².